The van der Waals surface area contributed by atoms with E-state index in [1.54, 1.807) is 11.3 Å². The maximum Gasteiger partial charge on any atom is 0.138 e. The van der Waals surface area contributed by atoms with Crippen molar-refractivity contribution in [2.24, 2.45) is 0 Å². The maximum atomic E-state index is 4.70. The first-order valence-electron chi connectivity index (χ1n) is 6.56. The molecule has 3 nitrogen and oxygen atoms in total. The molecule has 0 atom stereocenters. The number of nitrogens with zero attached hydrogens (tertiary/aromatic N) is 2. The van der Waals surface area contributed by atoms with Gasteiger partial charge in [0.2, 0.25) is 0 Å². The smallest absolute Gasteiger partial charge is 0.138 e. The number of anilines is 1. The minimum atomic E-state index is 0.360. The molecule has 2 aromatic rings. The first-order chi connectivity index (χ1) is 8.54. The average molecular weight is 263 g/mol. The molecular weight excluding hydrogens is 242 g/mol. The molecule has 0 aliphatic heterocycles. The van der Waals surface area contributed by atoms with Crippen LogP contribution < -0.4 is 5.32 Å². The molecule has 0 spiro atoms. The predicted molar refractivity (Wildman–Crippen MR) is 79.8 cm³/mol. The van der Waals surface area contributed by atoms with E-state index in [1.807, 2.05) is 0 Å². The lowest BCUT2D eigenvalue weighted by atomic mass is 10.1. The van der Waals surface area contributed by atoms with Crippen molar-refractivity contribution in [1.82, 2.24) is 9.97 Å². The van der Waals surface area contributed by atoms with Crippen LogP contribution in [0.1, 0.15) is 49.4 Å². The van der Waals surface area contributed by atoms with Crippen molar-refractivity contribution in [3.05, 3.63) is 16.3 Å². The van der Waals surface area contributed by atoms with Gasteiger partial charge in [-0.3, -0.25) is 0 Å². The Morgan fingerprint density at radius 1 is 1.22 bits per heavy atom. The van der Waals surface area contributed by atoms with Gasteiger partial charge in [-0.15, -0.1) is 11.3 Å². The fourth-order valence-electron chi connectivity index (χ4n) is 1.90. The molecule has 0 radical (unpaired) electrons. The minimum absolute atomic E-state index is 0.360. The van der Waals surface area contributed by atoms with Crippen LogP contribution >= 0.6 is 11.3 Å². The number of rotatable bonds is 4. The van der Waals surface area contributed by atoms with E-state index in [0.29, 0.717) is 5.92 Å². The maximum absolute atomic E-state index is 4.70. The standard InChI is InChI=1S/C14H21N3S/c1-6-7-15-13-11-9(4)10(5)18-14(11)17-12(16-13)8(2)3/h8H,6-7H2,1-5H3,(H,15,16,17). The van der Waals surface area contributed by atoms with Gasteiger partial charge in [-0.2, -0.15) is 0 Å². The summed E-state index contributed by atoms with van der Waals surface area (Å²) in [4.78, 5) is 11.8. The fraction of sp³-hybridized carbons (Fsp3) is 0.571. The van der Waals surface area contributed by atoms with Gasteiger partial charge in [0.05, 0.1) is 5.39 Å². The molecular formula is C14H21N3S. The van der Waals surface area contributed by atoms with E-state index in [9.17, 15) is 0 Å². The zero-order valence-electron chi connectivity index (χ0n) is 11.8. The number of nitrogens with one attached hydrogen (secondary N) is 1. The van der Waals surface area contributed by atoms with Gasteiger partial charge in [-0.1, -0.05) is 20.8 Å². The first kappa shape index (κ1) is 13.3. The van der Waals surface area contributed by atoms with Gasteiger partial charge in [0, 0.05) is 17.3 Å². The van der Waals surface area contributed by atoms with Crippen LogP contribution in [0, 0.1) is 13.8 Å². The van der Waals surface area contributed by atoms with Gasteiger partial charge in [0.25, 0.3) is 0 Å². The quantitative estimate of drug-likeness (QED) is 0.896. The summed E-state index contributed by atoms with van der Waals surface area (Å²) >= 11 is 1.77. The third-order valence-electron chi connectivity index (χ3n) is 3.10. The van der Waals surface area contributed by atoms with E-state index in [-0.39, 0.29) is 0 Å². The zero-order chi connectivity index (χ0) is 13.3. The Kier molecular flexibility index (Phi) is 3.85. The van der Waals surface area contributed by atoms with Gasteiger partial charge >= 0.3 is 0 Å². The second-order valence-electron chi connectivity index (χ2n) is 4.98. The number of aryl methyl sites for hydroxylation is 2. The highest BCUT2D eigenvalue weighted by atomic mass is 32.1. The highest BCUT2D eigenvalue weighted by Crippen LogP contribution is 2.34. The van der Waals surface area contributed by atoms with Crippen molar-refractivity contribution < 1.29 is 0 Å². The normalized spacial score (nSPS) is 11.4. The van der Waals surface area contributed by atoms with Gasteiger partial charge < -0.3 is 5.32 Å². The average Bonchev–Trinajstić information content (AvgIpc) is 2.62. The van der Waals surface area contributed by atoms with Crippen molar-refractivity contribution in [1.29, 1.82) is 0 Å². The van der Waals surface area contributed by atoms with Crippen molar-refractivity contribution in [2.45, 2.75) is 47.0 Å². The van der Waals surface area contributed by atoms with Crippen LogP contribution in [0.2, 0.25) is 0 Å². The highest BCUT2D eigenvalue weighted by molar-refractivity contribution is 7.18. The van der Waals surface area contributed by atoms with E-state index in [0.717, 1.165) is 29.4 Å². The Balaban J connectivity index is 2.61. The fourth-order valence-corrected chi connectivity index (χ4v) is 2.93. The summed E-state index contributed by atoms with van der Waals surface area (Å²) in [5, 5.41) is 4.65. The molecule has 0 bridgehead atoms. The van der Waals surface area contributed by atoms with Crippen molar-refractivity contribution >= 4 is 27.4 Å². The zero-order valence-corrected chi connectivity index (χ0v) is 12.6. The van der Waals surface area contributed by atoms with Crippen LogP contribution in [0.25, 0.3) is 10.2 Å². The molecule has 2 rings (SSSR count). The van der Waals surface area contributed by atoms with Gasteiger partial charge in [-0.05, 0) is 25.8 Å². The summed E-state index contributed by atoms with van der Waals surface area (Å²) in [7, 11) is 0. The molecule has 1 N–H and O–H groups in total. The topological polar surface area (TPSA) is 37.8 Å². The van der Waals surface area contributed by atoms with Crippen molar-refractivity contribution in [2.75, 3.05) is 11.9 Å². The van der Waals surface area contributed by atoms with Crippen molar-refractivity contribution in [3.63, 3.8) is 0 Å². The SMILES string of the molecule is CCCNc1nc(C(C)C)nc2sc(C)c(C)c12. The molecule has 0 fully saturated rings. The van der Waals surface area contributed by atoms with E-state index < -0.39 is 0 Å². The number of hydrogen-bond acceptors (Lipinski definition) is 4. The summed E-state index contributed by atoms with van der Waals surface area (Å²) < 4.78 is 0. The Hall–Kier alpha value is -1.16. The first-order valence-corrected chi connectivity index (χ1v) is 7.37. The van der Waals surface area contributed by atoms with E-state index >= 15 is 0 Å². The Morgan fingerprint density at radius 2 is 1.94 bits per heavy atom. The van der Waals surface area contributed by atoms with Crippen LogP contribution in [0.3, 0.4) is 0 Å². The monoisotopic (exact) mass is 263 g/mol. The lowest BCUT2D eigenvalue weighted by molar-refractivity contribution is 0.783. The molecule has 4 heteroatoms. The largest absolute Gasteiger partial charge is 0.369 e. The van der Waals surface area contributed by atoms with Gasteiger partial charge in [-0.25, -0.2) is 9.97 Å². The summed E-state index contributed by atoms with van der Waals surface area (Å²) in [6.07, 6.45) is 1.10. The number of hydrogen-bond donors (Lipinski definition) is 1. The third-order valence-corrected chi connectivity index (χ3v) is 4.21. The van der Waals surface area contributed by atoms with Gasteiger partial charge in [0.1, 0.15) is 16.5 Å². The van der Waals surface area contributed by atoms with Crippen LogP contribution in [-0.4, -0.2) is 16.5 Å². The molecule has 0 aliphatic carbocycles. The number of thiophene rings is 1. The minimum Gasteiger partial charge on any atom is -0.369 e. The van der Waals surface area contributed by atoms with Crippen LogP contribution in [0.5, 0.6) is 0 Å². The molecule has 98 valence electrons. The molecule has 0 aliphatic rings. The van der Waals surface area contributed by atoms with Gasteiger partial charge in [0.15, 0.2) is 0 Å². The van der Waals surface area contributed by atoms with Crippen LogP contribution in [-0.2, 0) is 0 Å². The second kappa shape index (κ2) is 5.22. The van der Waals surface area contributed by atoms with Crippen LogP contribution in [0.15, 0.2) is 0 Å². The molecule has 0 unspecified atom stereocenters. The Bertz CT molecular complexity index is 558. The predicted octanol–water partition coefficient (Wildman–Crippen LogP) is 4.25. The molecule has 0 aromatic carbocycles. The summed E-state index contributed by atoms with van der Waals surface area (Å²) in [5.41, 5.74) is 1.31. The highest BCUT2D eigenvalue weighted by Gasteiger charge is 2.15. The lowest BCUT2D eigenvalue weighted by Gasteiger charge is -2.10. The third kappa shape index (κ3) is 2.34. The lowest BCUT2D eigenvalue weighted by Crippen LogP contribution is -2.06. The number of aromatic nitrogens is 2. The summed E-state index contributed by atoms with van der Waals surface area (Å²) in [6.45, 7) is 11.7. The van der Waals surface area contributed by atoms with Crippen molar-refractivity contribution in [3.8, 4) is 0 Å². The summed E-state index contributed by atoms with van der Waals surface area (Å²) in [5.74, 6) is 2.30. The second-order valence-corrected chi connectivity index (χ2v) is 6.18. The molecule has 2 aromatic heterocycles. The molecule has 0 saturated carbocycles. The van der Waals surface area contributed by atoms with E-state index in [1.165, 1.54) is 15.8 Å². The van der Waals surface area contributed by atoms with E-state index in [2.05, 4.69) is 39.9 Å². The van der Waals surface area contributed by atoms with E-state index in [4.69, 9.17) is 9.97 Å². The Morgan fingerprint density at radius 3 is 2.56 bits per heavy atom. The number of fused-ring (bicyclic) bond motifs is 1. The summed E-state index contributed by atoms with van der Waals surface area (Å²) in [6, 6.07) is 0. The molecule has 0 saturated heterocycles. The molecule has 0 amide bonds. The molecule has 18 heavy (non-hydrogen) atoms. The molecule has 2 heterocycles. The van der Waals surface area contributed by atoms with Crippen LogP contribution in [0.4, 0.5) is 5.82 Å². The Labute approximate surface area is 113 Å².